The molecule has 0 bridgehead atoms. The van der Waals surface area contributed by atoms with Crippen molar-refractivity contribution >= 4 is 11.4 Å². The predicted octanol–water partition coefficient (Wildman–Crippen LogP) is 4.30. The molecule has 0 fully saturated rings. The number of hydrogen-bond acceptors (Lipinski definition) is 2. The van der Waals surface area contributed by atoms with Gasteiger partial charge in [-0.2, -0.15) is 0 Å². The fraction of sp³-hybridized carbons (Fsp3) is 0.125. The highest BCUT2D eigenvalue weighted by molar-refractivity contribution is 5.58. The van der Waals surface area contributed by atoms with E-state index in [4.69, 9.17) is 0 Å². The normalized spacial score (nSPS) is 9.89. The van der Waals surface area contributed by atoms with Crippen LogP contribution < -0.4 is 10.6 Å². The van der Waals surface area contributed by atoms with Crippen molar-refractivity contribution in [1.29, 1.82) is 0 Å². The van der Waals surface area contributed by atoms with Gasteiger partial charge in [0.05, 0.1) is 0 Å². The molecule has 92 valence electrons. The lowest BCUT2D eigenvalue weighted by atomic mass is 10.2. The van der Waals surface area contributed by atoms with Gasteiger partial charge in [0, 0.05) is 11.4 Å². The summed E-state index contributed by atoms with van der Waals surface area (Å²) in [6, 6.07) is 16.4. The molecule has 18 heavy (non-hydrogen) atoms. The molecule has 0 radical (unpaired) electrons. The zero-order valence-electron chi connectivity index (χ0n) is 10.8. The number of benzene rings is 2. The van der Waals surface area contributed by atoms with E-state index in [0.717, 1.165) is 17.2 Å². The van der Waals surface area contributed by atoms with E-state index >= 15 is 0 Å². The smallest absolute Gasteiger partial charge is 0.100 e. The van der Waals surface area contributed by atoms with Gasteiger partial charge < -0.3 is 10.6 Å². The Morgan fingerprint density at radius 2 is 1.56 bits per heavy atom. The fourth-order valence-corrected chi connectivity index (χ4v) is 1.72. The molecule has 0 aromatic heterocycles. The molecular weight excluding hydrogens is 220 g/mol. The summed E-state index contributed by atoms with van der Waals surface area (Å²) in [6.07, 6.45) is 0. The first kappa shape index (κ1) is 12.2. The topological polar surface area (TPSA) is 24.1 Å². The number of para-hydroxylation sites is 1. The molecule has 0 amide bonds. The van der Waals surface area contributed by atoms with E-state index in [1.54, 1.807) is 0 Å². The van der Waals surface area contributed by atoms with Gasteiger partial charge in [-0.05, 0) is 37.6 Å². The van der Waals surface area contributed by atoms with Crippen molar-refractivity contribution in [2.45, 2.75) is 13.8 Å². The zero-order chi connectivity index (χ0) is 13.0. The van der Waals surface area contributed by atoms with Crippen LogP contribution in [-0.2, 0) is 0 Å². The van der Waals surface area contributed by atoms with Gasteiger partial charge in [-0.15, -0.1) is 0 Å². The second-order valence-electron chi connectivity index (χ2n) is 4.41. The van der Waals surface area contributed by atoms with Crippen LogP contribution >= 0.6 is 0 Å². The number of anilines is 2. The molecule has 0 aliphatic rings. The summed E-state index contributed by atoms with van der Waals surface area (Å²) in [7, 11) is 0. The van der Waals surface area contributed by atoms with Crippen molar-refractivity contribution in [2.24, 2.45) is 0 Å². The summed E-state index contributed by atoms with van der Waals surface area (Å²) < 4.78 is 0. The molecular formula is C16H18N2. The molecule has 2 rings (SSSR count). The van der Waals surface area contributed by atoms with Crippen molar-refractivity contribution in [3.63, 3.8) is 0 Å². The minimum atomic E-state index is 0.771. The number of rotatable bonds is 4. The first-order valence-electron chi connectivity index (χ1n) is 6.00. The van der Waals surface area contributed by atoms with E-state index in [1.165, 1.54) is 11.1 Å². The van der Waals surface area contributed by atoms with E-state index in [9.17, 15) is 0 Å². The lowest BCUT2D eigenvalue weighted by Gasteiger charge is -2.14. The molecule has 0 heterocycles. The Kier molecular flexibility index (Phi) is 3.68. The lowest BCUT2D eigenvalue weighted by molar-refractivity contribution is 1.34. The monoisotopic (exact) mass is 238 g/mol. The van der Waals surface area contributed by atoms with Gasteiger partial charge in [-0.3, -0.25) is 0 Å². The third kappa shape index (κ3) is 3.14. The standard InChI is InChI=1S/C16H18N2/c1-12-8-10-15(11-9-12)17-14(3)18-16-7-5-4-6-13(16)2/h4-11,17-18H,3H2,1-2H3. The highest BCUT2D eigenvalue weighted by atomic mass is 15.1. The molecule has 2 nitrogen and oxygen atoms in total. The SMILES string of the molecule is C=C(Nc1ccc(C)cc1)Nc1ccccc1C. The highest BCUT2D eigenvalue weighted by Crippen LogP contribution is 2.16. The number of aryl methyl sites for hydroxylation is 2. The van der Waals surface area contributed by atoms with Crippen molar-refractivity contribution in [3.8, 4) is 0 Å². The van der Waals surface area contributed by atoms with Crippen LogP contribution in [0.2, 0.25) is 0 Å². The Labute approximate surface area is 108 Å². The largest absolute Gasteiger partial charge is 0.342 e. The van der Waals surface area contributed by atoms with Gasteiger partial charge in [-0.25, -0.2) is 0 Å². The van der Waals surface area contributed by atoms with Gasteiger partial charge >= 0.3 is 0 Å². The predicted molar refractivity (Wildman–Crippen MR) is 78.7 cm³/mol. The first-order chi connectivity index (χ1) is 8.65. The van der Waals surface area contributed by atoms with Crippen LogP contribution in [0.25, 0.3) is 0 Å². The van der Waals surface area contributed by atoms with Crippen LogP contribution in [0.15, 0.2) is 60.9 Å². The lowest BCUT2D eigenvalue weighted by Crippen LogP contribution is -2.08. The Morgan fingerprint density at radius 1 is 0.889 bits per heavy atom. The minimum Gasteiger partial charge on any atom is -0.342 e. The maximum absolute atomic E-state index is 3.99. The van der Waals surface area contributed by atoms with Crippen molar-refractivity contribution in [1.82, 2.24) is 0 Å². The Bertz CT molecular complexity index is 541. The fourth-order valence-electron chi connectivity index (χ4n) is 1.72. The third-order valence-electron chi connectivity index (χ3n) is 2.78. The van der Waals surface area contributed by atoms with Crippen LogP contribution in [-0.4, -0.2) is 0 Å². The summed E-state index contributed by atoms with van der Waals surface area (Å²) in [4.78, 5) is 0. The molecule has 2 aromatic rings. The minimum absolute atomic E-state index is 0.771. The summed E-state index contributed by atoms with van der Waals surface area (Å²) in [5.41, 5.74) is 4.55. The molecule has 0 unspecified atom stereocenters. The molecule has 2 heteroatoms. The van der Waals surface area contributed by atoms with E-state index < -0.39 is 0 Å². The van der Waals surface area contributed by atoms with Crippen molar-refractivity contribution in [3.05, 3.63) is 72.1 Å². The second-order valence-corrected chi connectivity index (χ2v) is 4.41. The van der Waals surface area contributed by atoms with E-state index in [1.807, 2.05) is 30.3 Å². The van der Waals surface area contributed by atoms with Gasteiger partial charge in [0.15, 0.2) is 0 Å². The van der Waals surface area contributed by atoms with Crippen molar-refractivity contribution < 1.29 is 0 Å². The van der Waals surface area contributed by atoms with E-state index in [0.29, 0.717) is 0 Å². The molecule has 0 saturated heterocycles. The molecule has 0 aliphatic heterocycles. The molecule has 0 saturated carbocycles. The summed E-state index contributed by atoms with van der Waals surface area (Å²) in [5.74, 6) is 0.771. The highest BCUT2D eigenvalue weighted by Gasteiger charge is 1.99. The molecule has 2 aromatic carbocycles. The number of nitrogens with one attached hydrogen (secondary N) is 2. The first-order valence-corrected chi connectivity index (χ1v) is 6.00. The Morgan fingerprint density at radius 3 is 2.22 bits per heavy atom. The van der Waals surface area contributed by atoms with Gasteiger partial charge in [-0.1, -0.05) is 42.5 Å². The van der Waals surface area contributed by atoms with Crippen LogP contribution in [0.5, 0.6) is 0 Å². The van der Waals surface area contributed by atoms with Crippen LogP contribution in [0, 0.1) is 13.8 Å². The maximum Gasteiger partial charge on any atom is 0.100 e. The average Bonchev–Trinajstić information content (AvgIpc) is 2.35. The third-order valence-corrected chi connectivity index (χ3v) is 2.78. The van der Waals surface area contributed by atoms with Gasteiger partial charge in [0.1, 0.15) is 5.82 Å². The van der Waals surface area contributed by atoms with E-state index in [2.05, 4.69) is 49.3 Å². The quantitative estimate of drug-likeness (QED) is 0.830. The molecule has 0 atom stereocenters. The van der Waals surface area contributed by atoms with Gasteiger partial charge in [0.2, 0.25) is 0 Å². The Balaban J connectivity index is 2.01. The average molecular weight is 238 g/mol. The van der Waals surface area contributed by atoms with E-state index in [-0.39, 0.29) is 0 Å². The summed E-state index contributed by atoms with van der Waals surface area (Å²) >= 11 is 0. The Hall–Kier alpha value is -2.22. The van der Waals surface area contributed by atoms with Crippen LogP contribution in [0.4, 0.5) is 11.4 Å². The van der Waals surface area contributed by atoms with Gasteiger partial charge in [0.25, 0.3) is 0 Å². The van der Waals surface area contributed by atoms with Crippen LogP contribution in [0.3, 0.4) is 0 Å². The van der Waals surface area contributed by atoms with Crippen LogP contribution in [0.1, 0.15) is 11.1 Å². The maximum atomic E-state index is 3.99. The number of hydrogen-bond donors (Lipinski definition) is 2. The van der Waals surface area contributed by atoms with Crippen molar-refractivity contribution in [2.75, 3.05) is 10.6 Å². The molecule has 0 aliphatic carbocycles. The summed E-state index contributed by atoms with van der Waals surface area (Å²) in [6.45, 7) is 8.13. The second kappa shape index (κ2) is 5.41. The summed E-state index contributed by atoms with van der Waals surface area (Å²) in [5, 5.41) is 6.51. The molecule has 0 spiro atoms. The zero-order valence-corrected chi connectivity index (χ0v) is 10.8. The molecule has 2 N–H and O–H groups in total.